The van der Waals surface area contributed by atoms with Gasteiger partial charge in [0.25, 0.3) is 0 Å². The van der Waals surface area contributed by atoms with E-state index in [1.54, 1.807) is 4.90 Å². The van der Waals surface area contributed by atoms with Gasteiger partial charge in [0.05, 0.1) is 36.5 Å². The van der Waals surface area contributed by atoms with Gasteiger partial charge in [-0.2, -0.15) is 0 Å². The highest BCUT2D eigenvalue weighted by Gasteiger charge is 2.33. The largest absolute Gasteiger partial charge is 0.442 e. The van der Waals surface area contributed by atoms with E-state index in [9.17, 15) is 4.79 Å². The third-order valence-corrected chi connectivity index (χ3v) is 6.41. The van der Waals surface area contributed by atoms with Crippen LogP contribution >= 0.6 is 24.0 Å². The van der Waals surface area contributed by atoms with Gasteiger partial charge in [0.1, 0.15) is 6.10 Å². The Morgan fingerprint density at radius 3 is 2.80 bits per heavy atom. The second kappa shape index (κ2) is 7.51. The van der Waals surface area contributed by atoms with Crippen molar-refractivity contribution in [2.45, 2.75) is 24.2 Å². The maximum atomic E-state index is 12.2. The number of hydrogen-bond donors (Lipinski definition) is 1. The van der Waals surface area contributed by atoms with E-state index in [4.69, 9.17) is 21.7 Å². The number of hydrogen-bond acceptors (Lipinski definition) is 5. The number of amides is 1. The lowest BCUT2D eigenvalue weighted by molar-refractivity contribution is 0.142. The molecule has 1 aromatic rings. The van der Waals surface area contributed by atoms with Gasteiger partial charge >= 0.3 is 6.09 Å². The summed E-state index contributed by atoms with van der Waals surface area (Å²) in [7, 11) is 0. The molecule has 2 aliphatic heterocycles. The second-order valence-corrected chi connectivity index (χ2v) is 8.41. The summed E-state index contributed by atoms with van der Waals surface area (Å²) in [6.45, 7) is 2.73. The van der Waals surface area contributed by atoms with E-state index in [2.05, 4.69) is 17.4 Å². The topological polar surface area (TPSA) is 50.8 Å². The number of rotatable bonds is 5. The van der Waals surface area contributed by atoms with Crippen LogP contribution in [-0.2, 0) is 9.47 Å². The van der Waals surface area contributed by atoms with Crippen molar-refractivity contribution in [1.82, 2.24) is 5.32 Å². The molecule has 5 nitrogen and oxygen atoms in total. The first-order valence-electron chi connectivity index (χ1n) is 8.76. The highest BCUT2D eigenvalue weighted by atomic mass is 32.2. The molecule has 3 aliphatic rings. The third kappa shape index (κ3) is 4.10. The van der Waals surface area contributed by atoms with Crippen LogP contribution in [0.4, 0.5) is 10.5 Å². The molecule has 1 aliphatic carbocycles. The van der Waals surface area contributed by atoms with Crippen LogP contribution in [0.2, 0.25) is 0 Å². The number of carbonyl (C=O) groups excluding carboxylic acids is 1. The Morgan fingerprint density at radius 2 is 2.12 bits per heavy atom. The second-order valence-electron chi connectivity index (χ2n) is 6.66. The minimum Gasteiger partial charge on any atom is -0.442 e. The molecule has 1 amide bonds. The lowest BCUT2D eigenvalue weighted by atomic mass is 10.1. The van der Waals surface area contributed by atoms with E-state index >= 15 is 0 Å². The zero-order valence-corrected chi connectivity index (χ0v) is 15.6. The van der Waals surface area contributed by atoms with E-state index in [1.807, 2.05) is 23.9 Å². The number of nitrogens with zero attached hydrogens (tertiary/aromatic N) is 1. The lowest BCUT2D eigenvalue weighted by Gasteiger charge is -2.22. The Bertz CT molecular complexity index is 642. The summed E-state index contributed by atoms with van der Waals surface area (Å²) in [6.07, 6.45) is 1.91. The summed E-state index contributed by atoms with van der Waals surface area (Å²) < 4.78 is 11.0. The van der Waals surface area contributed by atoms with Crippen molar-refractivity contribution in [3.8, 4) is 0 Å². The molecule has 1 aromatic carbocycles. The Balaban J connectivity index is 1.34. The number of cyclic esters (lactones) is 1. The van der Waals surface area contributed by atoms with Crippen LogP contribution in [-0.4, -0.2) is 49.2 Å². The van der Waals surface area contributed by atoms with Crippen LogP contribution in [0.5, 0.6) is 0 Å². The van der Waals surface area contributed by atoms with Crippen LogP contribution < -0.4 is 10.2 Å². The highest BCUT2D eigenvalue weighted by Crippen LogP contribution is 2.33. The Labute approximate surface area is 157 Å². The molecule has 2 saturated heterocycles. The van der Waals surface area contributed by atoms with Crippen LogP contribution in [0, 0.1) is 5.92 Å². The molecule has 134 valence electrons. The Morgan fingerprint density at radius 1 is 1.32 bits per heavy atom. The number of nitrogens with one attached hydrogen (secondary N) is 1. The highest BCUT2D eigenvalue weighted by molar-refractivity contribution is 7.99. The van der Waals surface area contributed by atoms with E-state index in [-0.39, 0.29) is 12.2 Å². The van der Waals surface area contributed by atoms with Gasteiger partial charge in [-0.15, -0.1) is 11.8 Å². The minimum atomic E-state index is -0.285. The Hall–Kier alpha value is -1.31. The summed E-state index contributed by atoms with van der Waals surface area (Å²) >= 11 is 7.25. The summed E-state index contributed by atoms with van der Waals surface area (Å²) in [5, 5.41) is 3.63. The molecular formula is C18H22N2O3S2. The fourth-order valence-corrected chi connectivity index (χ4v) is 4.45. The van der Waals surface area contributed by atoms with E-state index in [0.29, 0.717) is 24.3 Å². The molecule has 4 rings (SSSR count). The fraction of sp³-hybridized carbons (Fsp3) is 0.556. The third-order valence-electron chi connectivity index (χ3n) is 4.72. The van der Waals surface area contributed by atoms with E-state index < -0.39 is 0 Å². The molecule has 0 spiro atoms. The van der Waals surface area contributed by atoms with Gasteiger partial charge in [-0.3, -0.25) is 4.90 Å². The zero-order chi connectivity index (χ0) is 17.2. The average Bonchev–Trinajstić information content (AvgIpc) is 3.44. The predicted molar refractivity (Wildman–Crippen MR) is 103 cm³/mol. The molecule has 25 heavy (non-hydrogen) atoms. The molecule has 0 radical (unpaired) electrons. The first kappa shape index (κ1) is 17.1. The number of thioether (sulfide) groups is 1. The first-order valence-corrected chi connectivity index (χ1v) is 10.2. The van der Waals surface area contributed by atoms with Crippen molar-refractivity contribution in [3.05, 3.63) is 29.8 Å². The van der Waals surface area contributed by atoms with Crippen LogP contribution in [0.1, 0.15) is 23.7 Å². The van der Waals surface area contributed by atoms with Gasteiger partial charge in [-0.05, 0) is 30.5 Å². The van der Waals surface area contributed by atoms with E-state index in [1.165, 1.54) is 18.4 Å². The van der Waals surface area contributed by atoms with Crippen LogP contribution in [0.15, 0.2) is 24.3 Å². The minimum absolute atomic E-state index is 0.161. The lowest BCUT2D eigenvalue weighted by Crippen LogP contribution is -2.34. The molecule has 0 bridgehead atoms. The molecule has 1 N–H and O–H groups in total. The van der Waals surface area contributed by atoms with Crippen LogP contribution in [0.3, 0.4) is 0 Å². The fourth-order valence-electron chi connectivity index (χ4n) is 3.09. The molecule has 2 heterocycles. The number of ether oxygens (including phenoxy) is 2. The van der Waals surface area contributed by atoms with Crippen LogP contribution in [0.25, 0.3) is 0 Å². The zero-order valence-electron chi connectivity index (χ0n) is 14.0. The monoisotopic (exact) mass is 378 g/mol. The summed E-state index contributed by atoms with van der Waals surface area (Å²) in [5.41, 5.74) is 2.12. The van der Waals surface area contributed by atoms with Crippen molar-refractivity contribution in [2.24, 2.45) is 5.92 Å². The average molecular weight is 379 g/mol. The van der Waals surface area contributed by atoms with Gasteiger partial charge in [0.2, 0.25) is 0 Å². The summed E-state index contributed by atoms with van der Waals surface area (Å²) in [5.74, 6) is 1.57. The van der Waals surface area contributed by atoms with Crippen molar-refractivity contribution >= 4 is 40.7 Å². The molecule has 0 aromatic heterocycles. The molecule has 1 saturated carbocycles. The Kier molecular flexibility index (Phi) is 5.15. The maximum absolute atomic E-state index is 12.2. The first-order chi connectivity index (χ1) is 12.2. The number of thiocarbonyl (C=S) groups is 1. The SMILES string of the molecule is O=C1OC(CNC(=S)C2CC2)CN1c1ccc([C@H]2COCCS2)cc1. The molecule has 1 unspecified atom stereocenters. The number of benzene rings is 1. The molecule has 7 heteroatoms. The normalized spacial score (nSPS) is 26.4. The predicted octanol–water partition coefficient (Wildman–Crippen LogP) is 3.14. The van der Waals surface area contributed by atoms with Crippen molar-refractivity contribution in [3.63, 3.8) is 0 Å². The number of anilines is 1. The van der Waals surface area contributed by atoms with Gasteiger partial charge < -0.3 is 14.8 Å². The summed E-state index contributed by atoms with van der Waals surface area (Å²) in [6, 6.07) is 8.16. The van der Waals surface area contributed by atoms with Crippen molar-refractivity contribution < 1.29 is 14.3 Å². The van der Waals surface area contributed by atoms with Gasteiger partial charge in [-0.25, -0.2) is 4.79 Å². The van der Waals surface area contributed by atoms with Crippen molar-refractivity contribution in [1.29, 1.82) is 0 Å². The van der Waals surface area contributed by atoms with Gasteiger partial charge in [-0.1, -0.05) is 24.4 Å². The standard InChI is InChI=1S/C18H22N2O3S2/c21-18-20(10-15(23-18)9-19-17(24)13-1-2-13)14-5-3-12(4-6-14)16-11-22-7-8-25-16/h3-6,13,15-16H,1-2,7-11H2,(H,19,24)/t15?,16-/m1/s1. The van der Waals surface area contributed by atoms with E-state index in [0.717, 1.165) is 29.6 Å². The van der Waals surface area contributed by atoms with Gasteiger partial charge in [0, 0.05) is 17.4 Å². The summed E-state index contributed by atoms with van der Waals surface area (Å²) in [4.78, 5) is 14.8. The molecular weight excluding hydrogens is 356 g/mol. The van der Waals surface area contributed by atoms with Gasteiger partial charge in [0.15, 0.2) is 0 Å². The molecule has 3 fully saturated rings. The van der Waals surface area contributed by atoms with Crippen molar-refractivity contribution in [2.75, 3.05) is 37.0 Å². The number of carbonyl (C=O) groups is 1. The quantitative estimate of drug-likeness (QED) is 0.795. The smallest absolute Gasteiger partial charge is 0.414 e. The molecule has 2 atom stereocenters. The maximum Gasteiger partial charge on any atom is 0.414 e.